The smallest absolute Gasteiger partial charge is 0.118 e. The summed E-state index contributed by atoms with van der Waals surface area (Å²) in [4.78, 5) is 0. The lowest BCUT2D eigenvalue weighted by molar-refractivity contribution is 0.0956. The van der Waals surface area contributed by atoms with E-state index in [9.17, 15) is 4.39 Å². The zero-order valence-electron chi connectivity index (χ0n) is 16.6. The van der Waals surface area contributed by atoms with E-state index in [2.05, 4.69) is 30.6 Å². The second-order valence-corrected chi connectivity index (χ2v) is 6.77. The van der Waals surface area contributed by atoms with Gasteiger partial charge >= 0.3 is 0 Å². The Hall–Kier alpha value is -2.43. The van der Waals surface area contributed by atoms with Crippen LogP contribution in [0.25, 0.3) is 0 Å². The summed E-state index contributed by atoms with van der Waals surface area (Å²) < 4.78 is 25.0. The Morgan fingerprint density at radius 1 is 1.11 bits per heavy atom. The predicted molar refractivity (Wildman–Crippen MR) is 113 cm³/mol. The minimum absolute atomic E-state index is 0.0241. The first-order valence-electron chi connectivity index (χ1n) is 9.58. The van der Waals surface area contributed by atoms with Crippen molar-refractivity contribution >= 4 is 0 Å². The van der Waals surface area contributed by atoms with E-state index in [1.54, 1.807) is 7.11 Å². The van der Waals surface area contributed by atoms with Gasteiger partial charge in [-0.1, -0.05) is 55.1 Å². The van der Waals surface area contributed by atoms with E-state index in [-0.39, 0.29) is 11.9 Å². The fourth-order valence-electron chi connectivity index (χ4n) is 3.00. The van der Waals surface area contributed by atoms with Crippen molar-refractivity contribution in [2.75, 3.05) is 13.7 Å². The lowest BCUT2D eigenvalue weighted by atomic mass is 10.0. The molecular weight excluding hydrogens is 353 g/mol. The number of methoxy groups -OCH3 is 1. The van der Waals surface area contributed by atoms with Gasteiger partial charge in [0.15, 0.2) is 0 Å². The van der Waals surface area contributed by atoms with Crippen LogP contribution in [0.3, 0.4) is 0 Å². The molecule has 2 aromatic rings. The van der Waals surface area contributed by atoms with Crippen LogP contribution in [-0.4, -0.2) is 25.8 Å². The average Bonchev–Trinajstić information content (AvgIpc) is 2.72. The molecule has 0 aliphatic heterocycles. The summed E-state index contributed by atoms with van der Waals surface area (Å²) in [6.07, 6.45) is 3.95. The highest BCUT2D eigenvalue weighted by atomic mass is 19.1. The average molecular weight is 384 g/mol. The molecule has 2 rings (SSSR count). The van der Waals surface area contributed by atoms with Gasteiger partial charge in [-0.15, -0.1) is 6.58 Å². The minimum Gasteiger partial charge on any atom is -0.497 e. The zero-order chi connectivity index (χ0) is 20.2. The Kier molecular flexibility index (Phi) is 9.46. The van der Waals surface area contributed by atoms with Gasteiger partial charge in [0.2, 0.25) is 0 Å². The first-order valence-corrected chi connectivity index (χ1v) is 9.58. The maximum Gasteiger partial charge on any atom is 0.118 e. The highest BCUT2D eigenvalue weighted by Crippen LogP contribution is 2.14. The molecule has 2 unspecified atom stereocenters. The summed E-state index contributed by atoms with van der Waals surface area (Å²) in [6, 6.07) is 17.4. The van der Waals surface area contributed by atoms with Gasteiger partial charge in [-0.25, -0.2) is 4.39 Å². The maximum atomic E-state index is 14.0. The summed E-state index contributed by atoms with van der Waals surface area (Å²) in [5.41, 5.74) is 2.25. The molecule has 0 aliphatic carbocycles. The summed E-state index contributed by atoms with van der Waals surface area (Å²) in [6.45, 7) is 8.28. The molecule has 3 nitrogen and oxygen atoms in total. The van der Waals surface area contributed by atoms with Gasteiger partial charge in [-0.2, -0.15) is 0 Å². The second-order valence-electron chi connectivity index (χ2n) is 6.77. The third-order valence-corrected chi connectivity index (χ3v) is 4.58. The van der Waals surface area contributed by atoms with Gasteiger partial charge in [0.25, 0.3) is 0 Å². The van der Waals surface area contributed by atoms with E-state index in [0.717, 1.165) is 17.7 Å². The number of rotatable bonds is 13. The molecule has 0 spiro atoms. The molecule has 0 saturated carbocycles. The number of ether oxygens (including phenoxy) is 2. The number of nitrogens with one attached hydrogen (secondary N) is 1. The van der Waals surface area contributed by atoms with E-state index in [1.807, 2.05) is 48.5 Å². The van der Waals surface area contributed by atoms with Crippen LogP contribution in [0.15, 0.2) is 79.7 Å². The first-order chi connectivity index (χ1) is 13.6. The van der Waals surface area contributed by atoms with Crippen LogP contribution in [-0.2, 0) is 17.8 Å². The van der Waals surface area contributed by atoms with Crippen LogP contribution in [0.4, 0.5) is 4.39 Å². The molecule has 0 fully saturated rings. The number of halogens is 1. The van der Waals surface area contributed by atoms with E-state index in [0.29, 0.717) is 26.1 Å². The topological polar surface area (TPSA) is 30.5 Å². The van der Waals surface area contributed by atoms with Gasteiger partial charge in [0.1, 0.15) is 11.6 Å². The quantitative estimate of drug-likeness (QED) is 0.480. The minimum atomic E-state index is -0.408. The van der Waals surface area contributed by atoms with Crippen molar-refractivity contribution in [2.24, 2.45) is 0 Å². The molecule has 0 bridgehead atoms. The van der Waals surface area contributed by atoms with Gasteiger partial charge < -0.3 is 14.8 Å². The van der Waals surface area contributed by atoms with E-state index < -0.39 is 6.04 Å². The second kappa shape index (κ2) is 12.1. The Balaban J connectivity index is 1.85. The van der Waals surface area contributed by atoms with Crippen LogP contribution in [0, 0.1) is 0 Å². The van der Waals surface area contributed by atoms with Crippen LogP contribution >= 0.6 is 0 Å². The number of aryl methyl sites for hydroxylation is 1. The maximum absolute atomic E-state index is 14.0. The monoisotopic (exact) mass is 383 g/mol. The molecule has 150 valence electrons. The molecule has 0 aliphatic rings. The molecule has 0 saturated heterocycles. The van der Waals surface area contributed by atoms with Crippen LogP contribution in [0.2, 0.25) is 0 Å². The van der Waals surface area contributed by atoms with Crippen LogP contribution in [0.5, 0.6) is 5.75 Å². The van der Waals surface area contributed by atoms with Gasteiger partial charge in [0.05, 0.1) is 26.4 Å². The number of benzene rings is 2. The molecule has 4 heteroatoms. The number of hydrogen-bond acceptors (Lipinski definition) is 3. The van der Waals surface area contributed by atoms with Crippen LogP contribution in [0.1, 0.15) is 24.0 Å². The van der Waals surface area contributed by atoms with Gasteiger partial charge in [-0.05, 0) is 42.5 Å². The Bertz CT molecular complexity index is 715. The van der Waals surface area contributed by atoms with Crippen molar-refractivity contribution in [1.29, 1.82) is 0 Å². The van der Waals surface area contributed by atoms with Crippen molar-refractivity contribution in [3.8, 4) is 5.75 Å². The van der Waals surface area contributed by atoms with Gasteiger partial charge in [-0.3, -0.25) is 0 Å². The zero-order valence-corrected chi connectivity index (χ0v) is 16.6. The third-order valence-electron chi connectivity index (χ3n) is 4.58. The normalized spacial score (nSPS) is 12.9. The van der Waals surface area contributed by atoms with E-state index in [4.69, 9.17) is 9.47 Å². The van der Waals surface area contributed by atoms with Crippen molar-refractivity contribution in [3.05, 3.63) is 90.8 Å². The molecule has 1 N–H and O–H groups in total. The fraction of sp³-hybridized carbons (Fsp3) is 0.333. The Morgan fingerprint density at radius 2 is 1.82 bits per heavy atom. The Morgan fingerprint density at radius 3 is 2.43 bits per heavy atom. The molecule has 2 atom stereocenters. The molecule has 28 heavy (non-hydrogen) atoms. The fourth-order valence-corrected chi connectivity index (χ4v) is 3.00. The molecular formula is C24H30FNO2. The standard InChI is InChI=1S/C24H30FNO2/c1-4-8-22(18-28-17-21-11-14-23(27-3)15-12-21)26-24(19(2)25)16-13-20-9-6-5-7-10-20/h4-7,9-12,14-15,22,24,26H,1-2,8,13,16-18H2,3H3. The largest absolute Gasteiger partial charge is 0.497 e. The summed E-state index contributed by atoms with van der Waals surface area (Å²) in [7, 11) is 1.64. The summed E-state index contributed by atoms with van der Waals surface area (Å²) >= 11 is 0. The van der Waals surface area contributed by atoms with E-state index in [1.165, 1.54) is 5.56 Å². The predicted octanol–water partition coefficient (Wildman–Crippen LogP) is 5.23. The highest BCUT2D eigenvalue weighted by molar-refractivity contribution is 5.26. The van der Waals surface area contributed by atoms with Crippen molar-refractivity contribution in [3.63, 3.8) is 0 Å². The summed E-state index contributed by atoms with van der Waals surface area (Å²) in [5.74, 6) is 0.470. The molecule has 0 radical (unpaired) electrons. The van der Waals surface area contributed by atoms with Crippen molar-refractivity contribution in [2.45, 2.75) is 38.0 Å². The van der Waals surface area contributed by atoms with E-state index >= 15 is 0 Å². The summed E-state index contributed by atoms with van der Waals surface area (Å²) in [5, 5.41) is 3.34. The molecule has 0 amide bonds. The lowest BCUT2D eigenvalue weighted by Gasteiger charge is -2.24. The van der Waals surface area contributed by atoms with Crippen LogP contribution < -0.4 is 10.1 Å². The highest BCUT2D eigenvalue weighted by Gasteiger charge is 2.18. The van der Waals surface area contributed by atoms with Gasteiger partial charge in [0, 0.05) is 6.04 Å². The Labute approximate surface area is 167 Å². The molecule has 2 aromatic carbocycles. The number of hydrogen-bond donors (Lipinski definition) is 1. The van der Waals surface area contributed by atoms with Crippen molar-refractivity contribution in [1.82, 2.24) is 5.32 Å². The first kappa shape index (κ1) is 21.9. The third kappa shape index (κ3) is 7.67. The lowest BCUT2D eigenvalue weighted by Crippen LogP contribution is -2.41. The van der Waals surface area contributed by atoms with Crippen molar-refractivity contribution < 1.29 is 13.9 Å². The molecule has 0 heterocycles. The SMILES string of the molecule is C=CCC(COCc1ccc(OC)cc1)NC(CCc1ccccc1)C(=C)F. The molecule has 0 aromatic heterocycles.